The van der Waals surface area contributed by atoms with Crippen LogP contribution in [-0.4, -0.2) is 48.1 Å². The smallest absolute Gasteiger partial charge is 0.417 e. The molecule has 2 atom stereocenters. The molecule has 1 saturated heterocycles. The fourth-order valence-corrected chi connectivity index (χ4v) is 6.19. The minimum absolute atomic E-state index is 0.318. The van der Waals surface area contributed by atoms with Crippen molar-refractivity contribution in [3.63, 3.8) is 0 Å². The van der Waals surface area contributed by atoms with Crippen LogP contribution in [0.25, 0.3) is 11.1 Å². The number of amides is 1. The summed E-state index contributed by atoms with van der Waals surface area (Å²) in [5, 5.41) is 7.95. The Bertz CT molecular complexity index is 1320. The number of carbonyl (C=O) groups excluding carboxylic acids is 1. The second kappa shape index (κ2) is 8.28. The Hall–Kier alpha value is -3.02. The molecule has 0 spiro atoms. The largest absolute Gasteiger partial charge is 0.480 e. The van der Waals surface area contributed by atoms with Crippen LogP contribution in [0.4, 0.5) is 22.0 Å². The van der Waals surface area contributed by atoms with E-state index in [9.17, 15) is 45.1 Å². The molecule has 2 fully saturated rings. The highest BCUT2D eigenvalue weighted by Gasteiger charge is 2.54. The topological polar surface area (TPSA) is 91.8 Å². The molecule has 4 rings (SSSR count). The van der Waals surface area contributed by atoms with Gasteiger partial charge in [-0.2, -0.15) is 13.2 Å². The van der Waals surface area contributed by atoms with E-state index in [0.29, 0.717) is 31.0 Å². The number of likely N-dealkylation sites (tertiary alicyclic amines) is 1. The van der Waals surface area contributed by atoms with Gasteiger partial charge in [0.1, 0.15) is 17.7 Å². The Balaban J connectivity index is 1.75. The van der Waals surface area contributed by atoms with Gasteiger partial charge in [-0.3, -0.25) is 4.79 Å². The maximum absolute atomic E-state index is 14.2. The van der Waals surface area contributed by atoms with Gasteiger partial charge in [0.05, 0.1) is 15.7 Å². The SMILES string of the molecule is CC1(C(=O)N2C[C@H](S(=O)(=O)c3ccc(-c4ccc(F)cc4F)cc3C(F)(F)F)C[C@H]2C(=O)O)CC1. The number of carbonyl (C=O) groups is 2. The Morgan fingerprint density at radius 3 is 2.29 bits per heavy atom. The molecule has 1 amide bonds. The molecule has 0 aromatic heterocycles. The number of carboxylic acids is 1. The highest BCUT2D eigenvalue weighted by atomic mass is 32.2. The molecule has 1 heterocycles. The van der Waals surface area contributed by atoms with E-state index in [4.69, 9.17) is 0 Å². The van der Waals surface area contributed by atoms with E-state index in [2.05, 4.69) is 0 Å². The summed E-state index contributed by atoms with van der Waals surface area (Å²) >= 11 is 0. The average Bonchev–Trinajstić information content (AvgIpc) is 3.34. The van der Waals surface area contributed by atoms with Crippen LogP contribution in [0.2, 0.25) is 0 Å². The van der Waals surface area contributed by atoms with Crippen LogP contribution in [0.5, 0.6) is 0 Å². The number of carboxylic acid groups (broad SMARTS) is 1. The van der Waals surface area contributed by atoms with Gasteiger partial charge in [-0.15, -0.1) is 0 Å². The molecule has 2 aromatic rings. The zero-order valence-corrected chi connectivity index (χ0v) is 19.1. The van der Waals surface area contributed by atoms with E-state index in [-0.39, 0.29) is 11.1 Å². The first kappa shape index (κ1) is 25.1. The van der Waals surface area contributed by atoms with Crippen molar-refractivity contribution in [1.29, 1.82) is 0 Å². The van der Waals surface area contributed by atoms with Crippen molar-refractivity contribution in [3.8, 4) is 11.1 Å². The highest BCUT2D eigenvalue weighted by molar-refractivity contribution is 7.92. The molecule has 0 radical (unpaired) electrons. The van der Waals surface area contributed by atoms with Crippen LogP contribution in [0.1, 0.15) is 31.7 Å². The molecule has 1 saturated carbocycles. The van der Waals surface area contributed by atoms with Gasteiger partial charge in [0.15, 0.2) is 9.84 Å². The Morgan fingerprint density at radius 2 is 1.74 bits per heavy atom. The molecule has 188 valence electrons. The van der Waals surface area contributed by atoms with Crippen LogP contribution in [0.3, 0.4) is 0 Å². The number of sulfone groups is 1. The van der Waals surface area contributed by atoms with Crippen molar-refractivity contribution in [2.75, 3.05) is 6.54 Å². The summed E-state index contributed by atoms with van der Waals surface area (Å²) in [6, 6.07) is 2.90. The van der Waals surface area contributed by atoms with Crippen LogP contribution in [0, 0.1) is 17.0 Å². The van der Waals surface area contributed by atoms with Gasteiger partial charge in [0.2, 0.25) is 5.91 Å². The Kier molecular flexibility index (Phi) is 5.94. The third-order valence-corrected chi connectivity index (χ3v) is 8.79. The van der Waals surface area contributed by atoms with Gasteiger partial charge in [-0.25, -0.2) is 22.0 Å². The summed E-state index contributed by atoms with van der Waals surface area (Å²) < 4.78 is 95.7. The molecular weight excluding hydrogens is 497 g/mol. The molecule has 12 heteroatoms. The fourth-order valence-electron chi connectivity index (χ4n) is 4.30. The minimum atomic E-state index is -5.16. The van der Waals surface area contributed by atoms with Crippen molar-refractivity contribution in [2.24, 2.45) is 5.41 Å². The first-order valence-electron chi connectivity index (χ1n) is 10.6. The Labute approximate surface area is 197 Å². The molecule has 1 N–H and O–H groups in total. The first-order chi connectivity index (χ1) is 16.1. The van der Waals surface area contributed by atoms with E-state index in [0.717, 1.165) is 23.1 Å². The van der Waals surface area contributed by atoms with Gasteiger partial charge in [0.25, 0.3) is 0 Å². The number of halogens is 5. The summed E-state index contributed by atoms with van der Waals surface area (Å²) in [6.45, 7) is 1.06. The van der Waals surface area contributed by atoms with Gasteiger partial charge in [-0.1, -0.05) is 13.0 Å². The van der Waals surface area contributed by atoms with Gasteiger partial charge >= 0.3 is 12.1 Å². The Morgan fingerprint density at radius 1 is 1.09 bits per heavy atom. The monoisotopic (exact) mass is 517 g/mol. The summed E-state index contributed by atoms with van der Waals surface area (Å²) in [5.74, 6) is -4.05. The maximum atomic E-state index is 14.2. The van der Waals surface area contributed by atoms with E-state index >= 15 is 0 Å². The first-order valence-corrected chi connectivity index (χ1v) is 12.1. The standard InChI is InChI=1S/C23H20F5NO5S/c1-22(6-7-22)21(32)29-11-14(10-18(29)20(30)31)35(33,34)19-5-2-12(8-16(19)23(26,27)28)15-4-3-13(24)9-17(15)25/h2-5,8-9,14,18H,6-7,10-11H2,1H3,(H,30,31)/t14-,18+/m1/s1. The summed E-state index contributed by atoms with van der Waals surface area (Å²) in [7, 11) is -4.76. The lowest BCUT2D eigenvalue weighted by atomic mass is 10.0. The number of aliphatic carboxylic acids is 1. The van der Waals surface area contributed by atoms with Crippen molar-refractivity contribution >= 4 is 21.7 Å². The molecule has 1 aliphatic heterocycles. The minimum Gasteiger partial charge on any atom is -0.480 e. The lowest BCUT2D eigenvalue weighted by molar-refractivity contribution is -0.150. The van der Waals surface area contributed by atoms with Gasteiger partial charge in [0, 0.05) is 23.6 Å². The molecule has 6 nitrogen and oxygen atoms in total. The molecule has 0 bridgehead atoms. The van der Waals surface area contributed by atoms with E-state index in [1.165, 1.54) is 0 Å². The van der Waals surface area contributed by atoms with E-state index < -0.39 is 79.7 Å². The van der Waals surface area contributed by atoms with E-state index in [1.807, 2.05) is 0 Å². The van der Waals surface area contributed by atoms with Crippen molar-refractivity contribution in [1.82, 2.24) is 4.90 Å². The van der Waals surface area contributed by atoms with Crippen molar-refractivity contribution in [2.45, 2.75) is 48.5 Å². The third kappa shape index (κ3) is 4.51. The molecule has 2 aromatic carbocycles. The highest BCUT2D eigenvalue weighted by Crippen LogP contribution is 2.48. The number of hydrogen-bond acceptors (Lipinski definition) is 4. The van der Waals surface area contributed by atoms with Crippen LogP contribution in [-0.2, 0) is 25.6 Å². The summed E-state index contributed by atoms with van der Waals surface area (Å²) in [4.78, 5) is 24.3. The number of benzene rings is 2. The zero-order valence-electron chi connectivity index (χ0n) is 18.3. The molecule has 35 heavy (non-hydrogen) atoms. The number of rotatable bonds is 5. The second-order valence-corrected chi connectivity index (χ2v) is 11.3. The lowest BCUT2D eigenvalue weighted by Gasteiger charge is -2.24. The summed E-state index contributed by atoms with van der Waals surface area (Å²) in [6.07, 6.45) is -4.71. The van der Waals surface area contributed by atoms with Crippen molar-refractivity contribution < 1.29 is 45.1 Å². The zero-order chi connectivity index (χ0) is 25.9. The molecule has 1 aliphatic carbocycles. The lowest BCUT2D eigenvalue weighted by Crippen LogP contribution is -2.44. The van der Waals surface area contributed by atoms with Crippen LogP contribution < -0.4 is 0 Å². The predicted molar refractivity (Wildman–Crippen MR) is 113 cm³/mol. The van der Waals surface area contributed by atoms with Crippen molar-refractivity contribution in [3.05, 3.63) is 53.6 Å². The number of nitrogens with zero attached hydrogens (tertiary/aromatic N) is 1. The predicted octanol–water partition coefficient (Wildman–Crippen LogP) is 4.28. The average molecular weight is 517 g/mol. The second-order valence-electron chi connectivity index (χ2n) is 9.11. The van der Waals surface area contributed by atoms with E-state index in [1.54, 1.807) is 6.92 Å². The van der Waals surface area contributed by atoms with Crippen LogP contribution in [0.15, 0.2) is 41.3 Å². The fraction of sp³-hybridized carbons (Fsp3) is 0.391. The number of alkyl halides is 3. The van der Waals surface area contributed by atoms with Gasteiger partial charge in [-0.05, 0) is 49.1 Å². The number of hydrogen-bond donors (Lipinski definition) is 1. The normalized spacial score (nSPS) is 21.7. The summed E-state index contributed by atoms with van der Waals surface area (Å²) in [5.41, 5.74) is -3.04. The molecule has 2 aliphatic rings. The molecular formula is C23H20F5NO5S. The maximum Gasteiger partial charge on any atom is 0.417 e. The quantitative estimate of drug-likeness (QED) is 0.598. The molecule has 0 unspecified atom stereocenters. The third-order valence-electron chi connectivity index (χ3n) is 6.60. The van der Waals surface area contributed by atoms with Crippen LogP contribution >= 0.6 is 0 Å². The van der Waals surface area contributed by atoms with Gasteiger partial charge < -0.3 is 10.0 Å².